The van der Waals surface area contributed by atoms with Crippen molar-refractivity contribution in [2.45, 2.75) is 31.8 Å². The molecule has 1 aliphatic rings. The summed E-state index contributed by atoms with van der Waals surface area (Å²) in [6.45, 7) is 0.364. The Kier molecular flexibility index (Phi) is 4.09. The maximum atomic E-state index is 12.0. The summed E-state index contributed by atoms with van der Waals surface area (Å²) in [7, 11) is 1.66. The minimum Gasteiger partial charge on any atom is -0.481 e. The van der Waals surface area contributed by atoms with Crippen molar-refractivity contribution in [3.05, 3.63) is 24.2 Å². The molecular formula is C13H18N2O4. The number of nitrogens with one attached hydrogen (secondary N) is 1. The van der Waals surface area contributed by atoms with Gasteiger partial charge in [0.25, 0.3) is 0 Å². The fourth-order valence-corrected chi connectivity index (χ4v) is 2.41. The van der Waals surface area contributed by atoms with E-state index in [1.165, 1.54) is 4.90 Å². The lowest BCUT2D eigenvalue weighted by Crippen LogP contribution is -2.45. The molecular weight excluding hydrogens is 248 g/mol. The Morgan fingerprint density at radius 3 is 2.95 bits per heavy atom. The first kappa shape index (κ1) is 13.5. The van der Waals surface area contributed by atoms with Crippen molar-refractivity contribution in [2.75, 3.05) is 7.05 Å². The molecule has 2 unspecified atom stereocenters. The van der Waals surface area contributed by atoms with E-state index >= 15 is 0 Å². The first-order chi connectivity index (χ1) is 9.08. The van der Waals surface area contributed by atoms with Crippen LogP contribution < -0.4 is 5.32 Å². The van der Waals surface area contributed by atoms with Gasteiger partial charge in [0.15, 0.2) is 0 Å². The van der Waals surface area contributed by atoms with Gasteiger partial charge in [-0.15, -0.1) is 0 Å². The van der Waals surface area contributed by atoms with Gasteiger partial charge in [-0.3, -0.25) is 4.79 Å². The quantitative estimate of drug-likeness (QED) is 0.868. The number of carboxylic acid groups (broad SMARTS) is 1. The second-order valence-corrected chi connectivity index (χ2v) is 4.87. The average molecular weight is 266 g/mol. The summed E-state index contributed by atoms with van der Waals surface area (Å²) >= 11 is 0. The Hall–Kier alpha value is -1.98. The van der Waals surface area contributed by atoms with Crippen LogP contribution in [0, 0.1) is 5.92 Å². The molecule has 6 nitrogen and oxygen atoms in total. The van der Waals surface area contributed by atoms with E-state index < -0.39 is 11.9 Å². The van der Waals surface area contributed by atoms with Crippen molar-refractivity contribution in [3.63, 3.8) is 0 Å². The monoisotopic (exact) mass is 266 g/mol. The molecule has 104 valence electrons. The lowest BCUT2D eigenvalue weighted by Gasteiger charge is -2.22. The molecule has 0 radical (unpaired) electrons. The number of aliphatic carboxylic acids is 1. The molecule has 2 amide bonds. The number of carboxylic acids is 1. The third-order valence-electron chi connectivity index (χ3n) is 3.46. The highest BCUT2D eigenvalue weighted by Gasteiger charge is 2.34. The molecule has 0 saturated heterocycles. The zero-order valence-corrected chi connectivity index (χ0v) is 10.8. The zero-order chi connectivity index (χ0) is 13.8. The summed E-state index contributed by atoms with van der Waals surface area (Å²) < 4.78 is 5.17. The SMILES string of the molecule is CN(Cc1ccco1)C(=O)NC1CCCC1C(=O)O. The standard InChI is InChI=1S/C13H18N2O4/c1-15(8-9-4-3-7-19-9)13(18)14-11-6-2-5-10(11)12(16)17/h3-4,7,10-11H,2,5-6,8H2,1H3,(H,14,18)(H,16,17). The van der Waals surface area contributed by atoms with Gasteiger partial charge in [-0.25, -0.2) is 4.79 Å². The van der Waals surface area contributed by atoms with E-state index in [1.807, 2.05) is 0 Å². The molecule has 2 rings (SSSR count). The van der Waals surface area contributed by atoms with E-state index in [0.717, 1.165) is 12.8 Å². The summed E-state index contributed by atoms with van der Waals surface area (Å²) in [6.07, 6.45) is 3.74. The van der Waals surface area contributed by atoms with Crippen LogP contribution in [0.25, 0.3) is 0 Å². The fraction of sp³-hybridized carbons (Fsp3) is 0.538. The van der Waals surface area contributed by atoms with Crippen molar-refractivity contribution >= 4 is 12.0 Å². The number of nitrogens with zero attached hydrogens (tertiary/aromatic N) is 1. The molecule has 1 saturated carbocycles. The number of hydrogen-bond acceptors (Lipinski definition) is 3. The molecule has 0 aromatic carbocycles. The lowest BCUT2D eigenvalue weighted by molar-refractivity contribution is -0.142. The van der Waals surface area contributed by atoms with Gasteiger partial charge >= 0.3 is 12.0 Å². The maximum Gasteiger partial charge on any atom is 0.317 e. The third kappa shape index (κ3) is 3.27. The van der Waals surface area contributed by atoms with E-state index in [4.69, 9.17) is 9.52 Å². The average Bonchev–Trinajstić information content (AvgIpc) is 2.99. The first-order valence-electron chi connectivity index (χ1n) is 6.34. The van der Waals surface area contributed by atoms with Crippen molar-refractivity contribution < 1.29 is 19.1 Å². The Balaban J connectivity index is 1.88. The largest absolute Gasteiger partial charge is 0.481 e. The number of furan rings is 1. The molecule has 0 bridgehead atoms. The van der Waals surface area contributed by atoms with Gasteiger partial charge in [-0.05, 0) is 25.0 Å². The highest BCUT2D eigenvalue weighted by molar-refractivity contribution is 5.77. The topological polar surface area (TPSA) is 82.8 Å². The number of hydrogen-bond donors (Lipinski definition) is 2. The second kappa shape index (κ2) is 5.77. The van der Waals surface area contributed by atoms with Crippen molar-refractivity contribution in [2.24, 2.45) is 5.92 Å². The molecule has 1 aliphatic carbocycles. The Morgan fingerprint density at radius 2 is 2.32 bits per heavy atom. The molecule has 19 heavy (non-hydrogen) atoms. The van der Waals surface area contributed by atoms with Crippen LogP contribution in [0.1, 0.15) is 25.0 Å². The van der Waals surface area contributed by atoms with Crippen molar-refractivity contribution in [1.82, 2.24) is 10.2 Å². The number of rotatable bonds is 4. The Bertz CT molecular complexity index is 444. The number of carbonyl (C=O) groups excluding carboxylic acids is 1. The van der Waals surface area contributed by atoms with E-state index in [-0.39, 0.29) is 12.1 Å². The fourth-order valence-electron chi connectivity index (χ4n) is 2.41. The highest BCUT2D eigenvalue weighted by atomic mass is 16.4. The van der Waals surface area contributed by atoms with Crippen LogP contribution >= 0.6 is 0 Å². The predicted octanol–water partition coefficient (Wildman–Crippen LogP) is 1.67. The van der Waals surface area contributed by atoms with Crippen molar-refractivity contribution in [3.8, 4) is 0 Å². The van der Waals surface area contributed by atoms with E-state index in [2.05, 4.69) is 5.32 Å². The van der Waals surface area contributed by atoms with E-state index in [1.54, 1.807) is 25.4 Å². The van der Waals surface area contributed by atoms with Gasteiger partial charge in [0.05, 0.1) is 18.7 Å². The number of carbonyl (C=O) groups is 2. The Labute approximate surface area is 111 Å². The molecule has 1 fully saturated rings. The molecule has 0 aliphatic heterocycles. The van der Waals surface area contributed by atoms with E-state index in [9.17, 15) is 9.59 Å². The molecule has 0 spiro atoms. The molecule has 1 aromatic heterocycles. The molecule has 2 N–H and O–H groups in total. The third-order valence-corrected chi connectivity index (χ3v) is 3.46. The predicted molar refractivity (Wildman–Crippen MR) is 67.5 cm³/mol. The smallest absolute Gasteiger partial charge is 0.317 e. The van der Waals surface area contributed by atoms with Crippen LogP contribution in [0.5, 0.6) is 0 Å². The molecule has 6 heteroatoms. The molecule has 1 aromatic rings. The summed E-state index contributed by atoms with van der Waals surface area (Å²) in [6, 6.07) is 3.01. The van der Waals surface area contributed by atoms with Gasteiger partial charge in [-0.1, -0.05) is 6.42 Å². The number of urea groups is 1. The minimum atomic E-state index is -0.837. The second-order valence-electron chi connectivity index (χ2n) is 4.87. The lowest BCUT2D eigenvalue weighted by atomic mass is 10.0. The molecule has 1 heterocycles. The minimum absolute atomic E-state index is 0.269. The zero-order valence-electron chi connectivity index (χ0n) is 10.8. The van der Waals surface area contributed by atoms with Crippen LogP contribution in [0.2, 0.25) is 0 Å². The van der Waals surface area contributed by atoms with Gasteiger partial charge in [0.2, 0.25) is 0 Å². The van der Waals surface area contributed by atoms with Gasteiger partial charge in [-0.2, -0.15) is 0 Å². The maximum absolute atomic E-state index is 12.0. The van der Waals surface area contributed by atoms with Crippen LogP contribution in [0.4, 0.5) is 4.79 Å². The van der Waals surface area contributed by atoms with Crippen LogP contribution in [0.15, 0.2) is 22.8 Å². The molecule has 2 atom stereocenters. The van der Waals surface area contributed by atoms with Gasteiger partial charge in [0, 0.05) is 13.1 Å². The normalized spacial score (nSPS) is 22.2. The summed E-state index contributed by atoms with van der Waals surface area (Å²) in [5.41, 5.74) is 0. The Morgan fingerprint density at radius 1 is 1.53 bits per heavy atom. The first-order valence-corrected chi connectivity index (χ1v) is 6.34. The van der Waals surface area contributed by atoms with E-state index in [0.29, 0.717) is 18.7 Å². The summed E-state index contributed by atoms with van der Waals surface area (Å²) in [5, 5.41) is 11.8. The summed E-state index contributed by atoms with van der Waals surface area (Å²) in [5.74, 6) is -0.615. The van der Waals surface area contributed by atoms with Gasteiger partial charge in [0.1, 0.15) is 5.76 Å². The van der Waals surface area contributed by atoms with Crippen LogP contribution in [-0.2, 0) is 11.3 Å². The van der Waals surface area contributed by atoms with Crippen molar-refractivity contribution in [1.29, 1.82) is 0 Å². The number of amides is 2. The van der Waals surface area contributed by atoms with Crippen LogP contribution in [-0.4, -0.2) is 35.1 Å². The van der Waals surface area contributed by atoms with Gasteiger partial charge < -0.3 is 19.7 Å². The summed E-state index contributed by atoms with van der Waals surface area (Å²) in [4.78, 5) is 24.5. The van der Waals surface area contributed by atoms with Crippen LogP contribution in [0.3, 0.4) is 0 Å². The highest BCUT2D eigenvalue weighted by Crippen LogP contribution is 2.25.